The molecule has 3 aromatic rings. The lowest BCUT2D eigenvalue weighted by Crippen LogP contribution is -2.52. The van der Waals surface area contributed by atoms with Gasteiger partial charge in [-0.1, -0.05) is 48.9 Å². The molecule has 214 valence electrons. The smallest absolute Gasteiger partial charge is 0.264 e. The van der Waals surface area contributed by atoms with Crippen molar-refractivity contribution in [2.24, 2.45) is 0 Å². The zero-order chi connectivity index (χ0) is 29.4. The number of ether oxygens (including phenoxy) is 1. The summed E-state index contributed by atoms with van der Waals surface area (Å²) in [6.07, 6.45) is 0.695. The molecule has 3 aromatic carbocycles. The van der Waals surface area contributed by atoms with Gasteiger partial charge in [0.05, 0.1) is 17.7 Å². The van der Waals surface area contributed by atoms with Crippen LogP contribution in [0.15, 0.2) is 77.7 Å². The number of anilines is 1. The van der Waals surface area contributed by atoms with Crippen molar-refractivity contribution in [3.05, 3.63) is 89.7 Å². The Morgan fingerprint density at radius 2 is 1.60 bits per heavy atom. The number of halogens is 1. The van der Waals surface area contributed by atoms with Crippen LogP contribution in [0.3, 0.4) is 0 Å². The minimum absolute atomic E-state index is 0.0214. The minimum Gasteiger partial charge on any atom is -0.497 e. The Hall–Kier alpha value is -3.92. The van der Waals surface area contributed by atoms with Crippen molar-refractivity contribution in [3.8, 4) is 5.75 Å². The highest BCUT2D eigenvalue weighted by molar-refractivity contribution is 7.92. The molecule has 0 unspecified atom stereocenters. The standard InChI is InChI=1S/C30H36FN3O5S/c1-6-22(3)32-30(36)23(4)33(19-24-13-15-25(39-5)16-14-24)29(35)20-34(28-10-8-7-9-27(28)31)40(37,38)26-17-11-21(2)12-18-26/h7-18,22-23H,6,19-20H2,1-5H3,(H,32,36)/t22-,23-/m0/s1. The third kappa shape index (κ3) is 7.38. The maximum Gasteiger partial charge on any atom is 0.264 e. The number of hydrogen-bond donors (Lipinski definition) is 1. The van der Waals surface area contributed by atoms with E-state index in [1.165, 1.54) is 42.3 Å². The van der Waals surface area contributed by atoms with Crippen molar-refractivity contribution < 1.29 is 27.1 Å². The van der Waals surface area contributed by atoms with E-state index in [2.05, 4.69) is 5.32 Å². The lowest BCUT2D eigenvalue weighted by atomic mass is 10.1. The van der Waals surface area contributed by atoms with Crippen LogP contribution in [0.4, 0.5) is 10.1 Å². The van der Waals surface area contributed by atoms with E-state index >= 15 is 0 Å². The number of nitrogens with one attached hydrogen (secondary N) is 1. The Bertz CT molecular complexity index is 1410. The van der Waals surface area contributed by atoms with E-state index in [1.807, 2.05) is 20.8 Å². The van der Waals surface area contributed by atoms with Gasteiger partial charge >= 0.3 is 0 Å². The van der Waals surface area contributed by atoms with E-state index in [1.54, 1.807) is 43.3 Å². The summed E-state index contributed by atoms with van der Waals surface area (Å²) in [6, 6.07) is 17.4. The van der Waals surface area contributed by atoms with Crippen molar-refractivity contribution in [1.82, 2.24) is 10.2 Å². The van der Waals surface area contributed by atoms with Crippen LogP contribution in [0, 0.1) is 12.7 Å². The van der Waals surface area contributed by atoms with Crippen LogP contribution in [0.2, 0.25) is 0 Å². The van der Waals surface area contributed by atoms with Gasteiger partial charge in [0.2, 0.25) is 11.8 Å². The lowest BCUT2D eigenvalue weighted by molar-refractivity contribution is -0.139. The Labute approximate surface area is 235 Å². The Balaban J connectivity index is 2.03. The van der Waals surface area contributed by atoms with Crippen LogP contribution in [0.1, 0.15) is 38.3 Å². The van der Waals surface area contributed by atoms with Crippen LogP contribution in [-0.4, -0.2) is 50.9 Å². The van der Waals surface area contributed by atoms with Crippen LogP contribution in [-0.2, 0) is 26.2 Å². The number of rotatable bonds is 12. The summed E-state index contributed by atoms with van der Waals surface area (Å²) >= 11 is 0. The molecular formula is C30H36FN3O5S. The molecule has 2 atom stereocenters. The highest BCUT2D eigenvalue weighted by Crippen LogP contribution is 2.27. The van der Waals surface area contributed by atoms with Crippen LogP contribution < -0.4 is 14.4 Å². The van der Waals surface area contributed by atoms with Gasteiger partial charge in [-0.25, -0.2) is 12.8 Å². The molecule has 0 saturated carbocycles. The number of benzene rings is 3. The average Bonchev–Trinajstić information content (AvgIpc) is 2.95. The number of hydrogen-bond acceptors (Lipinski definition) is 5. The van der Waals surface area contributed by atoms with E-state index in [0.29, 0.717) is 17.7 Å². The van der Waals surface area contributed by atoms with E-state index < -0.39 is 34.3 Å². The molecule has 0 fully saturated rings. The lowest BCUT2D eigenvalue weighted by Gasteiger charge is -2.32. The maximum atomic E-state index is 15.0. The maximum absolute atomic E-state index is 15.0. The highest BCUT2D eigenvalue weighted by Gasteiger charge is 2.33. The predicted molar refractivity (Wildman–Crippen MR) is 153 cm³/mol. The first-order chi connectivity index (χ1) is 19.0. The SMILES string of the molecule is CC[C@H](C)NC(=O)[C@H](C)N(Cc1ccc(OC)cc1)C(=O)CN(c1ccccc1F)S(=O)(=O)c1ccc(C)cc1. The van der Waals surface area contributed by atoms with Crippen LogP contribution in [0.5, 0.6) is 5.75 Å². The zero-order valence-electron chi connectivity index (χ0n) is 23.4. The normalized spacial score (nSPS) is 12.8. The molecule has 0 aromatic heterocycles. The second-order valence-electron chi connectivity index (χ2n) is 9.64. The number of sulfonamides is 1. The summed E-state index contributed by atoms with van der Waals surface area (Å²) in [7, 11) is -2.80. The van der Waals surface area contributed by atoms with Crippen LogP contribution in [0.25, 0.3) is 0 Å². The third-order valence-electron chi connectivity index (χ3n) is 6.69. The summed E-state index contributed by atoms with van der Waals surface area (Å²) in [4.78, 5) is 28.2. The molecule has 0 aliphatic carbocycles. The summed E-state index contributed by atoms with van der Waals surface area (Å²) < 4.78 is 48.5. The number of carbonyl (C=O) groups excluding carboxylic acids is 2. The van der Waals surface area contributed by atoms with Gasteiger partial charge in [-0.2, -0.15) is 0 Å². The van der Waals surface area contributed by atoms with Gasteiger partial charge in [-0.3, -0.25) is 13.9 Å². The van der Waals surface area contributed by atoms with E-state index in [0.717, 1.165) is 15.9 Å². The number of aryl methyl sites for hydroxylation is 1. The molecule has 3 rings (SSSR count). The Morgan fingerprint density at radius 1 is 0.975 bits per heavy atom. The van der Waals surface area contributed by atoms with E-state index in [-0.39, 0.29) is 29.1 Å². The topological polar surface area (TPSA) is 96.0 Å². The van der Waals surface area contributed by atoms with Gasteiger partial charge in [0.15, 0.2) is 0 Å². The van der Waals surface area contributed by atoms with Gasteiger partial charge in [0.1, 0.15) is 24.2 Å². The second kappa shape index (κ2) is 13.4. The number of amides is 2. The minimum atomic E-state index is -4.34. The first-order valence-electron chi connectivity index (χ1n) is 13.0. The third-order valence-corrected chi connectivity index (χ3v) is 8.46. The number of nitrogens with zero attached hydrogens (tertiary/aromatic N) is 2. The van der Waals surface area contributed by atoms with Gasteiger partial charge in [0, 0.05) is 12.6 Å². The first-order valence-corrected chi connectivity index (χ1v) is 14.5. The molecule has 0 aliphatic heterocycles. The van der Waals surface area contributed by atoms with Gasteiger partial charge in [0.25, 0.3) is 10.0 Å². The van der Waals surface area contributed by atoms with Gasteiger partial charge in [-0.15, -0.1) is 0 Å². The highest BCUT2D eigenvalue weighted by atomic mass is 32.2. The summed E-state index contributed by atoms with van der Waals surface area (Å²) in [5.41, 5.74) is 1.29. The molecule has 0 radical (unpaired) electrons. The molecule has 8 nitrogen and oxygen atoms in total. The molecule has 40 heavy (non-hydrogen) atoms. The fourth-order valence-corrected chi connectivity index (χ4v) is 5.40. The molecule has 0 aliphatic rings. The fourth-order valence-electron chi connectivity index (χ4n) is 3.98. The monoisotopic (exact) mass is 569 g/mol. The first kappa shape index (κ1) is 30.6. The fraction of sp³-hybridized carbons (Fsp3) is 0.333. The van der Waals surface area contributed by atoms with Crippen molar-refractivity contribution in [2.45, 2.75) is 57.6 Å². The molecule has 0 heterocycles. The predicted octanol–water partition coefficient (Wildman–Crippen LogP) is 4.67. The summed E-state index contributed by atoms with van der Waals surface area (Å²) in [6.45, 7) is 6.49. The number of methoxy groups -OCH3 is 1. The van der Waals surface area contributed by atoms with E-state index in [9.17, 15) is 22.4 Å². The van der Waals surface area contributed by atoms with Crippen molar-refractivity contribution >= 4 is 27.5 Å². The van der Waals surface area contributed by atoms with Crippen molar-refractivity contribution in [3.63, 3.8) is 0 Å². The second-order valence-corrected chi connectivity index (χ2v) is 11.5. The van der Waals surface area contributed by atoms with Crippen LogP contribution >= 0.6 is 0 Å². The quantitative estimate of drug-likeness (QED) is 0.342. The van der Waals surface area contributed by atoms with Crippen molar-refractivity contribution in [1.29, 1.82) is 0 Å². The largest absolute Gasteiger partial charge is 0.497 e. The average molecular weight is 570 g/mol. The molecule has 0 bridgehead atoms. The Kier molecular flexibility index (Phi) is 10.3. The van der Waals surface area contributed by atoms with E-state index in [4.69, 9.17) is 4.74 Å². The molecule has 2 amide bonds. The Morgan fingerprint density at radius 3 is 2.17 bits per heavy atom. The van der Waals surface area contributed by atoms with Gasteiger partial charge in [-0.05, 0) is 69.2 Å². The van der Waals surface area contributed by atoms with Gasteiger partial charge < -0.3 is 15.0 Å². The molecule has 10 heteroatoms. The molecule has 1 N–H and O–H groups in total. The number of para-hydroxylation sites is 1. The van der Waals surface area contributed by atoms with Crippen molar-refractivity contribution in [2.75, 3.05) is 18.0 Å². The molecule has 0 saturated heterocycles. The number of carbonyl (C=O) groups is 2. The zero-order valence-corrected chi connectivity index (χ0v) is 24.2. The molecule has 0 spiro atoms. The summed E-state index contributed by atoms with van der Waals surface area (Å²) in [5.74, 6) is -1.22. The summed E-state index contributed by atoms with van der Waals surface area (Å²) in [5, 5.41) is 2.88. The molecular weight excluding hydrogens is 533 g/mol.